The van der Waals surface area contributed by atoms with Crippen LogP contribution in [0.1, 0.15) is 29.4 Å². The Labute approximate surface area is 116 Å². The first kappa shape index (κ1) is 14.0. The second-order valence-electron chi connectivity index (χ2n) is 5.57. The zero-order valence-corrected chi connectivity index (χ0v) is 12.3. The highest BCUT2D eigenvalue weighted by Crippen LogP contribution is 2.58. The first-order chi connectivity index (χ1) is 8.75. The van der Waals surface area contributed by atoms with E-state index >= 15 is 0 Å². The molecule has 2 rings (SSSR count). The molecule has 0 unspecified atom stereocenters. The van der Waals surface area contributed by atoms with Crippen LogP contribution >= 0.6 is 11.3 Å². The minimum Gasteiger partial charge on any atom is -0.481 e. The summed E-state index contributed by atoms with van der Waals surface area (Å²) < 4.78 is 0. The first-order valence-electron chi connectivity index (χ1n) is 6.18. The number of hydrogen-bond acceptors (Lipinski definition) is 4. The van der Waals surface area contributed by atoms with Gasteiger partial charge in [0, 0.05) is 4.88 Å². The Hall–Kier alpha value is -1.43. The van der Waals surface area contributed by atoms with Crippen LogP contribution in [0.2, 0.25) is 0 Å². The molecule has 1 fully saturated rings. The summed E-state index contributed by atoms with van der Waals surface area (Å²) >= 11 is 1.55. The Morgan fingerprint density at radius 3 is 2.42 bits per heavy atom. The Bertz CT molecular complexity index is 536. The quantitative estimate of drug-likeness (QED) is 0.881. The fraction of sp³-hybridized carbons (Fsp3) is 0.615. The number of carboxylic acids is 1. The highest BCUT2D eigenvalue weighted by molar-refractivity contribution is 7.11. The number of thiazole rings is 1. The van der Waals surface area contributed by atoms with Gasteiger partial charge in [-0.3, -0.25) is 9.59 Å². The van der Waals surface area contributed by atoms with Gasteiger partial charge in [-0.25, -0.2) is 4.98 Å². The monoisotopic (exact) mass is 282 g/mol. The maximum Gasteiger partial charge on any atom is 0.307 e. The van der Waals surface area contributed by atoms with E-state index in [1.807, 2.05) is 27.7 Å². The fourth-order valence-electron chi connectivity index (χ4n) is 2.60. The summed E-state index contributed by atoms with van der Waals surface area (Å²) in [6.07, 6.45) is 0. The third-order valence-electron chi connectivity index (χ3n) is 3.80. The van der Waals surface area contributed by atoms with Crippen molar-refractivity contribution in [1.82, 2.24) is 10.3 Å². The van der Waals surface area contributed by atoms with Gasteiger partial charge < -0.3 is 10.4 Å². The number of nitrogens with one attached hydrogen (secondary N) is 1. The molecule has 1 aliphatic rings. The van der Waals surface area contributed by atoms with Crippen molar-refractivity contribution in [2.75, 3.05) is 0 Å². The normalized spacial score (nSPS) is 24.0. The predicted molar refractivity (Wildman–Crippen MR) is 71.8 cm³/mol. The van der Waals surface area contributed by atoms with E-state index in [1.165, 1.54) is 0 Å². The number of carbonyl (C=O) groups is 2. The Morgan fingerprint density at radius 1 is 1.37 bits per heavy atom. The molecule has 19 heavy (non-hydrogen) atoms. The molecule has 1 heterocycles. The van der Waals surface area contributed by atoms with Crippen LogP contribution in [0, 0.1) is 31.1 Å². The number of nitrogens with zero attached hydrogens (tertiary/aromatic N) is 1. The molecule has 6 heteroatoms. The molecule has 1 aliphatic carbocycles. The SMILES string of the molecule is Cc1nc(C)c(CNC(=O)[C@@H]2[C@H](C(=O)O)C2(C)C)s1. The third-order valence-corrected chi connectivity index (χ3v) is 4.87. The molecule has 0 bridgehead atoms. The van der Waals surface area contributed by atoms with Gasteiger partial charge in [0.25, 0.3) is 0 Å². The van der Waals surface area contributed by atoms with Gasteiger partial charge in [-0.2, -0.15) is 0 Å². The lowest BCUT2D eigenvalue weighted by Crippen LogP contribution is -2.26. The van der Waals surface area contributed by atoms with Crippen molar-refractivity contribution in [3.63, 3.8) is 0 Å². The molecule has 0 spiro atoms. The minimum atomic E-state index is -0.894. The Kier molecular flexibility index (Phi) is 3.38. The molecule has 1 aromatic heterocycles. The zero-order valence-electron chi connectivity index (χ0n) is 11.5. The Balaban J connectivity index is 1.96. The standard InChI is InChI=1S/C13H18N2O3S/c1-6-8(19-7(2)15-6)5-14-11(16)9-10(12(17)18)13(9,3)4/h9-10H,5H2,1-4H3,(H,14,16)(H,17,18)/t9-,10+/m0/s1. The second-order valence-corrected chi connectivity index (χ2v) is 6.86. The molecule has 1 amide bonds. The molecule has 0 radical (unpaired) electrons. The van der Waals surface area contributed by atoms with Gasteiger partial charge in [0.1, 0.15) is 0 Å². The average Bonchev–Trinajstić information content (AvgIpc) is 2.72. The van der Waals surface area contributed by atoms with Gasteiger partial charge >= 0.3 is 5.97 Å². The number of aryl methyl sites for hydroxylation is 2. The summed E-state index contributed by atoms with van der Waals surface area (Å²) in [4.78, 5) is 28.4. The molecular formula is C13H18N2O3S. The first-order valence-corrected chi connectivity index (χ1v) is 7.00. The van der Waals surface area contributed by atoms with Crippen LogP contribution in [0.25, 0.3) is 0 Å². The van der Waals surface area contributed by atoms with Crippen molar-refractivity contribution in [3.05, 3.63) is 15.6 Å². The summed E-state index contributed by atoms with van der Waals surface area (Å²) in [5.41, 5.74) is 0.474. The van der Waals surface area contributed by atoms with Crippen LogP contribution in [0.3, 0.4) is 0 Å². The van der Waals surface area contributed by atoms with Crippen LogP contribution < -0.4 is 5.32 Å². The van der Waals surface area contributed by atoms with Crippen LogP contribution in [0.15, 0.2) is 0 Å². The van der Waals surface area contributed by atoms with Crippen molar-refractivity contribution in [1.29, 1.82) is 0 Å². The van der Waals surface area contributed by atoms with Gasteiger partial charge in [0.05, 0.1) is 29.1 Å². The Morgan fingerprint density at radius 2 is 2.00 bits per heavy atom. The van der Waals surface area contributed by atoms with Crippen molar-refractivity contribution >= 4 is 23.2 Å². The zero-order chi connectivity index (χ0) is 14.4. The number of aromatic nitrogens is 1. The van der Waals surface area contributed by atoms with Gasteiger partial charge in [-0.05, 0) is 19.3 Å². The topological polar surface area (TPSA) is 79.3 Å². The molecule has 0 aromatic carbocycles. The number of carboxylic acid groups (broad SMARTS) is 1. The molecular weight excluding hydrogens is 264 g/mol. The van der Waals surface area contributed by atoms with Gasteiger partial charge in [0.2, 0.25) is 5.91 Å². The van der Waals surface area contributed by atoms with Crippen molar-refractivity contribution in [2.45, 2.75) is 34.2 Å². The number of rotatable bonds is 4. The van der Waals surface area contributed by atoms with Crippen molar-refractivity contribution in [3.8, 4) is 0 Å². The number of hydrogen-bond donors (Lipinski definition) is 2. The van der Waals surface area contributed by atoms with Gasteiger partial charge in [-0.1, -0.05) is 13.8 Å². The highest BCUT2D eigenvalue weighted by atomic mass is 32.1. The second kappa shape index (κ2) is 4.59. The van der Waals surface area contributed by atoms with Crippen molar-refractivity contribution < 1.29 is 14.7 Å². The molecule has 0 aliphatic heterocycles. The van der Waals surface area contributed by atoms with E-state index in [0.717, 1.165) is 15.6 Å². The van der Waals surface area contributed by atoms with E-state index in [2.05, 4.69) is 10.3 Å². The maximum atomic E-state index is 12.0. The lowest BCUT2D eigenvalue weighted by molar-refractivity contribution is -0.140. The van der Waals surface area contributed by atoms with E-state index in [9.17, 15) is 9.59 Å². The van der Waals surface area contributed by atoms with E-state index in [1.54, 1.807) is 11.3 Å². The fourth-order valence-corrected chi connectivity index (χ4v) is 3.48. The lowest BCUT2D eigenvalue weighted by atomic mass is 10.1. The average molecular weight is 282 g/mol. The molecule has 1 aromatic rings. The highest BCUT2D eigenvalue weighted by Gasteiger charge is 2.65. The predicted octanol–water partition coefficient (Wildman–Crippen LogP) is 1.73. The van der Waals surface area contributed by atoms with E-state index in [-0.39, 0.29) is 5.91 Å². The molecule has 2 N–H and O–H groups in total. The van der Waals surface area contributed by atoms with Gasteiger partial charge in [-0.15, -0.1) is 11.3 Å². The maximum absolute atomic E-state index is 12.0. The minimum absolute atomic E-state index is 0.178. The van der Waals surface area contributed by atoms with Crippen LogP contribution in [-0.2, 0) is 16.1 Å². The van der Waals surface area contributed by atoms with E-state index in [4.69, 9.17) is 5.11 Å². The van der Waals surface area contributed by atoms with Crippen LogP contribution in [0.5, 0.6) is 0 Å². The number of carbonyl (C=O) groups excluding carboxylic acids is 1. The van der Waals surface area contributed by atoms with Crippen molar-refractivity contribution in [2.24, 2.45) is 17.3 Å². The van der Waals surface area contributed by atoms with Crippen LogP contribution in [0.4, 0.5) is 0 Å². The largest absolute Gasteiger partial charge is 0.481 e. The third kappa shape index (κ3) is 2.49. The molecule has 0 saturated heterocycles. The van der Waals surface area contributed by atoms with E-state index < -0.39 is 23.2 Å². The summed E-state index contributed by atoms with van der Waals surface area (Å²) in [6, 6.07) is 0. The van der Waals surface area contributed by atoms with Crippen LogP contribution in [-0.4, -0.2) is 22.0 Å². The molecule has 5 nitrogen and oxygen atoms in total. The number of amides is 1. The van der Waals surface area contributed by atoms with E-state index in [0.29, 0.717) is 6.54 Å². The molecule has 1 saturated carbocycles. The lowest BCUT2D eigenvalue weighted by Gasteiger charge is -2.05. The number of aliphatic carboxylic acids is 1. The summed E-state index contributed by atoms with van der Waals surface area (Å²) in [5.74, 6) is -2.08. The molecule has 104 valence electrons. The summed E-state index contributed by atoms with van der Waals surface area (Å²) in [7, 11) is 0. The summed E-state index contributed by atoms with van der Waals surface area (Å²) in [6.45, 7) is 7.89. The smallest absolute Gasteiger partial charge is 0.307 e. The van der Waals surface area contributed by atoms with Gasteiger partial charge in [0.15, 0.2) is 0 Å². The summed E-state index contributed by atoms with van der Waals surface area (Å²) in [5, 5.41) is 12.8. The molecule has 2 atom stereocenters.